The van der Waals surface area contributed by atoms with Gasteiger partial charge < -0.3 is 5.32 Å². The Hall–Kier alpha value is -0.540. The third-order valence-corrected chi connectivity index (χ3v) is 3.68. The fraction of sp³-hybridized carbons (Fsp3) is 0.455. The first-order valence-corrected chi connectivity index (χ1v) is 6.00. The summed E-state index contributed by atoms with van der Waals surface area (Å²) in [7, 11) is 1.94. The Kier molecular flexibility index (Phi) is 3.08. The lowest BCUT2D eigenvalue weighted by Gasteiger charge is -2.16. The maximum absolute atomic E-state index is 13.1. The molecule has 0 aliphatic carbocycles. The summed E-state index contributed by atoms with van der Waals surface area (Å²) in [6.07, 6.45) is 1.08. The molecule has 1 aliphatic heterocycles. The molecule has 14 heavy (non-hydrogen) atoms. The second-order valence-electron chi connectivity index (χ2n) is 3.53. The van der Waals surface area contributed by atoms with Gasteiger partial charge in [0.25, 0.3) is 0 Å². The van der Waals surface area contributed by atoms with Crippen LogP contribution in [0.4, 0.5) is 4.39 Å². The number of rotatable bonds is 1. The van der Waals surface area contributed by atoms with Gasteiger partial charge in [-0.25, -0.2) is 4.39 Å². The van der Waals surface area contributed by atoms with Crippen molar-refractivity contribution < 1.29 is 4.39 Å². The predicted molar refractivity (Wildman–Crippen MR) is 59.0 cm³/mol. The zero-order valence-electron chi connectivity index (χ0n) is 8.22. The summed E-state index contributed by atoms with van der Waals surface area (Å²) >= 11 is 1.92. The number of benzene rings is 1. The fourth-order valence-corrected chi connectivity index (χ4v) is 2.89. The Morgan fingerprint density at radius 1 is 1.50 bits per heavy atom. The molecular weight excluding hydrogens is 197 g/mol. The number of halogens is 1. The maximum Gasteiger partial charge on any atom is 0.123 e. The van der Waals surface area contributed by atoms with Crippen molar-refractivity contribution in [2.24, 2.45) is 0 Å². The average molecular weight is 211 g/mol. The van der Waals surface area contributed by atoms with Gasteiger partial charge in [0.2, 0.25) is 0 Å². The Bertz CT molecular complexity index is 327. The normalized spacial score (nSPS) is 21.4. The molecule has 1 nitrogen and oxygen atoms in total. The van der Waals surface area contributed by atoms with Gasteiger partial charge in [0, 0.05) is 11.8 Å². The fourth-order valence-electron chi connectivity index (χ4n) is 1.86. The summed E-state index contributed by atoms with van der Waals surface area (Å²) in [4.78, 5) is 0. The van der Waals surface area contributed by atoms with E-state index in [2.05, 4.69) is 5.32 Å². The molecule has 0 saturated carbocycles. The van der Waals surface area contributed by atoms with Crippen LogP contribution in [-0.4, -0.2) is 12.8 Å². The summed E-state index contributed by atoms with van der Waals surface area (Å²) in [5.74, 6) is 2.02. The zero-order valence-corrected chi connectivity index (χ0v) is 9.03. The number of nitrogens with one attached hydrogen (secondary N) is 1. The minimum absolute atomic E-state index is 0.129. The number of thioether (sulfide) groups is 1. The van der Waals surface area contributed by atoms with E-state index in [4.69, 9.17) is 0 Å². The van der Waals surface area contributed by atoms with Crippen molar-refractivity contribution in [3.05, 3.63) is 35.1 Å². The monoisotopic (exact) mass is 211 g/mol. The lowest BCUT2D eigenvalue weighted by atomic mass is 9.99. The largest absolute Gasteiger partial charge is 0.313 e. The molecule has 1 heterocycles. The van der Waals surface area contributed by atoms with Gasteiger partial charge in [-0.3, -0.25) is 0 Å². The smallest absolute Gasteiger partial charge is 0.123 e. The van der Waals surface area contributed by atoms with Crippen molar-refractivity contribution in [1.29, 1.82) is 0 Å². The van der Waals surface area contributed by atoms with E-state index in [1.54, 1.807) is 12.1 Å². The second kappa shape index (κ2) is 4.32. The second-order valence-corrected chi connectivity index (χ2v) is 4.63. The highest BCUT2D eigenvalue weighted by atomic mass is 32.2. The zero-order chi connectivity index (χ0) is 9.97. The van der Waals surface area contributed by atoms with Crippen molar-refractivity contribution in [2.75, 3.05) is 12.8 Å². The van der Waals surface area contributed by atoms with E-state index in [0.717, 1.165) is 23.5 Å². The van der Waals surface area contributed by atoms with E-state index in [-0.39, 0.29) is 5.82 Å². The van der Waals surface area contributed by atoms with Crippen LogP contribution in [0, 0.1) is 5.82 Å². The summed E-state index contributed by atoms with van der Waals surface area (Å²) < 4.78 is 13.1. The first kappa shape index (κ1) is 9.99. The number of hydrogen-bond donors (Lipinski definition) is 1. The number of fused-ring (bicyclic) bond motifs is 1. The van der Waals surface area contributed by atoms with Crippen LogP contribution in [0.3, 0.4) is 0 Å². The first-order chi connectivity index (χ1) is 6.81. The lowest BCUT2D eigenvalue weighted by molar-refractivity contribution is 0.568. The van der Waals surface area contributed by atoms with Crippen LogP contribution in [0.1, 0.15) is 23.6 Å². The van der Waals surface area contributed by atoms with Crippen molar-refractivity contribution >= 4 is 11.8 Å². The molecule has 1 unspecified atom stereocenters. The molecule has 0 bridgehead atoms. The highest BCUT2D eigenvalue weighted by Crippen LogP contribution is 2.30. The van der Waals surface area contributed by atoms with Crippen LogP contribution in [0.5, 0.6) is 0 Å². The van der Waals surface area contributed by atoms with Crippen molar-refractivity contribution in [3.8, 4) is 0 Å². The first-order valence-electron chi connectivity index (χ1n) is 4.84. The minimum atomic E-state index is -0.129. The third kappa shape index (κ3) is 1.93. The van der Waals surface area contributed by atoms with E-state index in [1.165, 1.54) is 5.56 Å². The number of hydrogen-bond acceptors (Lipinski definition) is 2. The molecule has 2 rings (SSSR count). The Morgan fingerprint density at radius 3 is 3.14 bits per heavy atom. The average Bonchev–Trinajstić information content (AvgIpc) is 2.39. The standard InChI is InChI=1S/C11H14FNS/c1-13-11-4-5-14-7-8-2-3-9(12)6-10(8)11/h2-3,6,11,13H,4-5,7H2,1H3. The van der Waals surface area contributed by atoms with Gasteiger partial charge in [-0.2, -0.15) is 11.8 Å². The van der Waals surface area contributed by atoms with E-state index in [0.29, 0.717) is 6.04 Å². The molecule has 0 amide bonds. The summed E-state index contributed by atoms with van der Waals surface area (Å²) in [6, 6.07) is 5.45. The van der Waals surface area contributed by atoms with Crippen molar-refractivity contribution in [3.63, 3.8) is 0 Å². The minimum Gasteiger partial charge on any atom is -0.313 e. The molecule has 76 valence electrons. The molecule has 0 aromatic heterocycles. The Morgan fingerprint density at radius 2 is 2.36 bits per heavy atom. The van der Waals surface area contributed by atoms with Gasteiger partial charge in [-0.05, 0) is 42.5 Å². The van der Waals surface area contributed by atoms with Crippen molar-refractivity contribution in [2.45, 2.75) is 18.2 Å². The topological polar surface area (TPSA) is 12.0 Å². The molecule has 1 aromatic rings. The van der Waals surface area contributed by atoms with Gasteiger partial charge in [0.1, 0.15) is 5.82 Å². The summed E-state index contributed by atoms with van der Waals surface area (Å²) in [6.45, 7) is 0. The van der Waals surface area contributed by atoms with E-state index < -0.39 is 0 Å². The third-order valence-electron chi connectivity index (χ3n) is 2.64. The highest BCUT2D eigenvalue weighted by molar-refractivity contribution is 7.98. The molecule has 1 aromatic carbocycles. The molecule has 3 heteroatoms. The van der Waals surface area contributed by atoms with Crippen LogP contribution in [0.2, 0.25) is 0 Å². The van der Waals surface area contributed by atoms with Crippen LogP contribution >= 0.6 is 11.8 Å². The molecule has 0 radical (unpaired) electrons. The van der Waals surface area contributed by atoms with Gasteiger partial charge in [0.15, 0.2) is 0 Å². The molecule has 1 N–H and O–H groups in total. The summed E-state index contributed by atoms with van der Waals surface area (Å²) in [5.41, 5.74) is 2.41. The predicted octanol–water partition coefficient (Wildman–Crippen LogP) is 2.72. The molecule has 1 aliphatic rings. The molecule has 0 spiro atoms. The van der Waals surface area contributed by atoms with E-state index >= 15 is 0 Å². The summed E-state index contributed by atoms with van der Waals surface area (Å²) in [5, 5.41) is 3.25. The van der Waals surface area contributed by atoms with Crippen LogP contribution in [0.15, 0.2) is 18.2 Å². The quantitative estimate of drug-likeness (QED) is 0.766. The Balaban J connectivity index is 2.40. The molecule has 0 fully saturated rings. The van der Waals surface area contributed by atoms with Crippen molar-refractivity contribution in [1.82, 2.24) is 5.32 Å². The van der Waals surface area contributed by atoms with Crippen LogP contribution in [0.25, 0.3) is 0 Å². The highest BCUT2D eigenvalue weighted by Gasteiger charge is 2.17. The van der Waals surface area contributed by atoms with Gasteiger partial charge in [-0.1, -0.05) is 6.07 Å². The van der Waals surface area contributed by atoms with E-state index in [9.17, 15) is 4.39 Å². The maximum atomic E-state index is 13.1. The molecule has 0 saturated heterocycles. The van der Waals surface area contributed by atoms with Gasteiger partial charge in [0.05, 0.1) is 0 Å². The Labute approximate surface area is 88.1 Å². The van der Waals surface area contributed by atoms with E-state index in [1.807, 2.05) is 24.9 Å². The van der Waals surface area contributed by atoms with Crippen LogP contribution < -0.4 is 5.32 Å². The lowest BCUT2D eigenvalue weighted by Crippen LogP contribution is -2.17. The SMILES string of the molecule is CNC1CCSCc2ccc(F)cc21. The molecular formula is C11H14FNS. The van der Waals surface area contributed by atoms with Gasteiger partial charge >= 0.3 is 0 Å². The van der Waals surface area contributed by atoms with Crippen LogP contribution in [-0.2, 0) is 5.75 Å². The molecule has 1 atom stereocenters. The van der Waals surface area contributed by atoms with Gasteiger partial charge in [-0.15, -0.1) is 0 Å².